The summed E-state index contributed by atoms with van der Waals surface area (Å²) in [6.45, 7) is 4.33. The van der Waals surface area contributed by atoms with E-state index >= 15 is 0 Å². The Morgan fingerprint density at radius 2 is 2.24 bits per heavy atom. The van der Waals surface area contributed by atoms with Crippen molar-refractivity contribution < 1.29 is 9.53 Å². The van der Waals surface area contributed by atoms with Crippen LogP contribution in [0.3, 0.4) is 0 Å². The minimum Gasteiger partial charge on any atom is -0.462 e. The number of carbonyl (C=O) groups excluding carboxylic acids is 1. The molecule has 1 saturated carbocycles. The second-order valence-electron chi connectivity index (χ2n) is 5.85. The van der Waals surface area contributed by atoms with E-state index in [1.54, 1.807) is 12.1 Å². The first-order chi connectivity index (χ1) is 10.2. The summed E-state index contributed by atoms with van der Waals surface area (Å²) in [5.74, 6) is -0.315. The van der Waals surface area contributed by atoms with Crippen LogP contribution in [0, 0.1) is 0 Å². The largest absolute Gasteiger partial charge is 0.462 e. The Bertz CT molecular complexity index is 528. The van der Waals surface area contributed by atoms with Gasteiger partial charge in [-0.25, -0.2) is 4.79 Å². The van der Waals surface area contributed by atoms with E-state index in [0.29, 0.717) is 23.9 Å². The highest BCUT2D eigenvalue weighted by atomic mass is 16.5. The fourth-order valence-electron chi connectivity index (χ4n) is 2.99. The highest BCUT2D eigenvalue weighted by Gasteiger charge is 2.34. The highest BCUT2D eigenvalue weighted by Crippen LogP contribution is 2.32. The maximum absolute atomic E-state index is 12.0. The molecule has 5 nitrogen and oxygen atoms in total. The van der Waals surface area contributed by atoms with Crippen molar-refractivity contribution in [2.75, 3.05) is 30.7 Å². The predicted octanol–water partition coefficient (Wildman–Crippen LogP) is 2.09. The molecule has 0 radical (unpaired) electrons. The molecular formula is C16H23N3O2. The number of nitrogen functional groups attached to an aromatic ring is 1. The molecule has 2 aliphatic rings. The maximum Gasteiger partial charge on any atom is 0.340 e. The number of benzene rings is 1. The number of carbonyl (C=O) groups is 1. The molecule has 2 fully saturated rings. The molecule has 3 N–H and O–H groups in total. The van der Waals surface area contributed by atoms with Crippen LogP contribution in [0.15, 0.2) is 18.2 Å². The molecule has 0 amide bonds. The monoisotopic (exact) mass is 289 g/mol. The Hall–Kier alpha value is -1.75. The molecule has 1 aliphatic heterocycles. The average Bonchev–Trinajstić information content (AvgIpc) is 3.21. The van der Waals surface area contributed by atoms with Crippen molar-refractivity contribution in [3.8, 4) is 0 Å². The van der Waals surface area contributed by atoms with Crippen LogP contribution in [0.1, 0.15) is 36.5 Å². The molecule has 1 heterocycles. The highest BCUT2D eigenvalue weighted by molar-refractivity contribution is 5.98. The molecule has 21 heavy (non-hydrogen) atoms. The number of rotatable bonds is 5. The summed E-state index contributed by atoms with van der Waals surface area (Å²) in [7, 11) is 0. The van der Waals surface area contributed by atoms with Crippen LogP contribution >= 0.6 is 0 Å². The lowest BCUT2D eigenvalue weighted by atomic mass is 10.1. The third-order valence-corrected chi connectivity index (χ3v) is 4.22. The SMILES string of the molecule is CCOC(=O)c1cccc(N)c1NC1CCN(C2CC2)C1. The first kappa shape index (κ1) is 14.2. The fraction of sp³-hybridized carbons (Fsp3) is 0.562. The minimum atomic E-state index is -0.315. The van der Waals surface area contributed by atoms with Gasteiger partial charge < -0.3 is 15.8 Å². The molecule has 1 aromatic carbocycles. The molecule has 1 unspecified atom stereocenters. The van der Waals surface area contributed by atoms with Crippen molar-refractivity contribution in [1.82, 2.24) is 4.90 Å². The molecule has 5 heteroatoms. The summed E-state index contributed by atoms with van der Waals surface area (Å²) in [5, 5.41) is 3.46. The molecule has 0 bridgehead atoms. The van der Waals surface area contributed by atoms with E-state index in [1.807, 2.05) is 13.0 Å². The van der Waals surface area contributed by atoms with Crippen LogP contribution in [0.5, 0.6) is 0 Å². The van der Waals surface area contributed by atoms with E-state index in [-0.39, 0.29) is 5.97 Å². The van der Waals surface area contributed by atoms with Gasteiger partial charge in [0.15, 0.2) is 0 Å². The predicted molar refractivity (Wildman–Crippen MR) is 83.4 cm³/mol. The Morgan fingerprint density at radius 3 is 2.95 bits per heavy atom. The molecule has 0 aromatic heterocycles. The number of hydrogen-bond donors (Lipinski definition) is 2. The normalized spacial score (nSPS) is 22.2. The van der Waals surface area contributed by atoms with Crippen LogP contribution < -0.4 is 11.1 Å². The third-order valence-electron chi connectivity index (χ3n) is 4.22. The van der Waals surface area contributed by atoms with E-state index in [9.17, 15) is 4.79 Å². The molecule has 1 atom stereocenters. The lowest BCUT2D eigenvalue weighted by Gasteiger charge is -2.19. The van der Waals surface area contributed by atoms with Crippen LogP contribution in [0.4, 0.5) is 11.4 Å². The van der Waals surface area contributed by atoms with Gasteiger partial charge in [0.2, 0.25) is 0 Å². The van der Waals surface area contributed by atoms with Gasteiger partial charge in [0, 0.05) is 25.2 Å². The smallest absolute Gasteiger partial charge is 0.340 e. The molecule has 1 aliphatic carbocycles. The van der Waals surface area contributed by atoms with Crippen LogP contribution in [0.25, 0.3) is 0 Å². The van der Waals surface area contributed by atoms with Crippen molar-refractivity contribution in [3.05, 3.63) is 23.8 Å². The number of esters is 1. The van der Waals surface area contributed by atoms with Gasteiger partial charge in [0.25, 0.3) is 0 Å². The quantitative estimate of drug-likeness (QED) is 0.642. The first-order valence-corrected chi connectivity index (χ1v) is 7.75. The fourth-order valence-corrected chi connectivity index (χ4v) is 2.99. The van der Waals surface area contributed by atoms with Gasteiger partial charge in [-0.05, 0) is 38.3 Å². The van der Waals surface area contributed by atoms with Crippen molar-refractivity contribution in [2.24, 2.45) is 0 Å². The van der Waals surface area contributed by atoms with Gasteiger partial charge in [-0.15, -0.1) is 0 Å². The number of anilines is 2. The molecule has 1 saturated heterocycles. The molecule has 0 spiro atoms. The number of ether oxygens (including phenoxy) is 1. The second-order valence-corrected chi connectivity index (χ2v) is 5.85. The lowest BCUT2D eigenvalue weighted by Crippen LogP contribution is -2.28. The van der Waals surface area contributed by atoms with E-state index < -0.39 is 0 Å². The Morgan fingerprint density at radius 1 is 1.43 bits per heavy atom. The van der Waals surface area contributed by atoms with E-state index in [2.05, 4.69) is 10.2 Å². The maximum atomic E-state index is 12.0. The van der Waals surface area contributed by atoms with Gasteiger partial charge in [-0.1, -0.05) is 6.07 Å². The zero-order valence-corrected chi connectivity index (χ0v) is 12.5. The topological polar surface area (TPSA) is 67.6 Å². The summed E-state index contributed by atoms with van der Waals surface area (Å²) in [4.78, 5) is 14.6. The summed E-state index contributed by atoms with van der Waals surface area (Å²) in [5.41, 5.74) is 7.91. The molecule has 114 valence electrons. The molecule has 3 rings (SSSR count). The van der Waals surface area contributed by atoms with Crippen LogP contribution in [-0.4, -0.2) is 42.6 Å². The van der Waals surface area contributed by atoms with E-state index in [0.717, 1.165) is 31.2 Å². The van der Waals surface area contributed by atoms with Crippen molar-refractivity contribution in [3.63, 3.8) is 0 Å². The molecule has 1 aromatic rings. The van der Waals surface area contributed by atoms with Gasteiger partial charge in [0.05, 0.1) is 23.5 Å². The van der Waals surface area contributed by atoms with Gasteiger partial charge in [0.1, 0.15) is 0 Å². The zero-order valence-electron chi connectivity index (χ0n) is 12.5. The average molecular weight is 289 g/mol. The van der Waals surface area contributed by atoms with E-state index in [1.165, 1.54) is 12.8 Å². The summed E-state index contributed by atoms with van der Waals surface area (Å²) in [6.07, 6.45) is 3.75. The van der Waals surface area contributed by atoms with Crippen LogP contribution in [0.2, 0.25) is 0 Å². The summed E-state index contributed by atoms with van der Waals surface area (Å²) >= 11 is 0. The Kier molecular flexibility index (Phi) is 4.01. The Balaban J connectivity index is 1.73. The van der Waals surface area contributed by atoms with Crippen molar-refractivity contribution in [1.29, 1.82) is 0 Å². The van der Waals surface area contributed by atoms with Crippen molar-refractivity contribution >= 4 is 17.3 Å². The Labute approximate surface area is 125 Å². The standard InChI is InChI=1S/C16H23N3O2/c1-2-21-16(20)13-4-3-5-14(17)15(13)18-11-8-9-19(10-11)12-6-7-12/h3-5,11-12,18H,2,6-10,17H2,1H3. The third kappa shape index (κ3) is 3.13. The second kappa shape index (κ2) is 5.93. The van der Waals surface area contributed by atoms with Gasteiger partial charge >= 0.3 is 5.97 Å². The van der Waals surface area contributed by atoms with E-state index in [4.69, 9.17) is 10.5 Å². The lowest BCUT2D eigenvalue weighted by molar-refractivity contribution is 0.0527. The number of nitrogens with one attached hydrogen (secondary N) is 1. The molecular weight excluding hydrogens is 266 g/mol. The minimum absolute atomic E-state index is 0.315. The number of nitrogens with zero attached hydrogens (tertiary/aromatic N) is 1. The van der Waals surface area contributed by atoms with Crippen molar-refractivity contribution in [2.45, 2.75) is 38.3 Å². The number of nitrogens with two attached hydrogens (primary N) is 1. The first-order valence-electron chi connectivity index (χ1n) is 7.75. The summed E-state index contributed by atoms with van der Waals surface area (Å²) < 4.78 is 5.11. The van der Waals surface area contributed by atoms with Gasteiger partial charge in [-0.3, -0.25) is 4.90 Å². The zero-order chi connectivity index (χ0) is 14.8. The number of likely N-dealkylation sites (tertiary alicyclic amines) is 1. The summed E-state index contributed by atoms with van der Waals surface area (Å²) in [6, 6.07) is 6.51. The number of para-hydroxylation sites is 1. The van der Waals surface area contributed by atoms with Crippen LogP contribution in [-0.2, 0) is 4.74 Å². The number of hydrogen-bond acceptors (Lipinski definition) is 5. The van der Waals surface area contributed by atoms with Gasteiger partial charge in [-0.2, -0.15) is 0 Å².